The van der Waals surface area contributed by atoms with Gasteiger partial charge in [0.1, 0.15) is 6.29 Å². The van der Waals surface area contributed by atoms with E-state index in [1.54, 1.807) is 0 Å². The van der Waals surface area contributed by atoms with E-state index in [0.29, 0.717) is 0 Å². The van der Waals surface area contributed by atoms with Gasteiger partial charge in [-0.3, -0.25) is 0 Å². The molecule has 0 aliphatic heterocycles. The minimum Gasteiger partial charge on any atom is -0.304 e. The Kier molecular flexibility index (Phi) is 7.62. The molecule has 3 heteroatoms. The highest BCUT2D eigenvalue weighted by Gasteiger charge is 2.34. The molecule has 19 heavy (non-hydrogen) atoms. The number of aldehydes is 1. The van der Waals surface area contributed by atoms with Crippen molar-refractivity contribution < 1.29 is 4.79 Å². The van der Waals surface area contributed by atoms with E-state index in [0.717, 1.165) is 45.6 Å². The first-order valence-corrected chi connectivity index (χ1v) is 8.10. The second-order valence-electron chi connectivity index (χ2n) is 5.94. The van der Waals surface area contributed by atoms with Crippen LogP contribution in [0.5, 0.6) is 0 Å². The van der Waals surface area contributed by atoms with Crippen LogP contribution >= 0.6 is 0 Å². The summed E-state index contributed by atoms with van der Waals surface area (Å²) in [6.07, 6.45) is 7.12. The SMILES string of the molecule is CCN(CC)CCCN(CC)CC1(C=O)CCCC1. The van der Waals surface area contributed by atoms with Crippen molar-refractivity contribution in [1.29, 1.82) is 0 Å². The van der Waals surface area contributed by atoms with E-state index >= 15 is 0 Å². The van der Waals surface area contributed by atoms with Crippen LogP contribution in [0, 0.1) is 5.41 Å². The van der Waals surface area contributed by atoms with Crippen molar-refractivity contribution in [3.8, 4) is 0 Å². The predicted octanol–water partition coefficient (Wildman–Crippen LogP) is 2.80. The van der Waals surface area contributed by atoms with Gasteiger partial charge in [0, 0.05) is 12.0 Å². The molecule has 112 valence electrons. The van der Waals surface area contributed by atoms with Gasteiger partial charge in [-0.05, 0) is 52.0 Å². The molecule has 0 saturated heterocycles. The maximum atomic E-state index is 11.4. The molecule has 0 N–H and O–H groups in total. The zero-order valence-electron chi connectivity index (χ0n) is 13.2. The molecule has 1 aliphatic rings. The normalized spacial score (nSPS) is 18.4. The number of hydrogen-bond acceptors (Lipinski definition) is 3. The molecular formula is C16H32N2O. The molecule has 3 nitrogen and oxygen atoms in total. The van der Waals surface area contributed by atoms with Crippen molar-refractivity contribution in [2.75, 3.05) is 39.3 Å². The summed E-state index contributed by atoms with van der Waals surface area (Å²) in [5.74, 6) is 0. The molecule has 0 aromatic heterocycles. The molecule has 0 aromatic carbocycles. The quantitative estimate of drug-likeness (QED) is 0.569. The first-order valence-electron chi connectivity index (χ1n) is 8.10. The molecule has 0 heterocycles. The van der Waals surface area contributed by atoms with Crippen molar-refractivity contribution >= 4 is 6.29 Å². The van der Waals surface area contributed by atoms with E-state index in [4.69, 9.17) is 0 Å². The molecule has 1 aliphatic carbocycles. The average molecular weight is 268 g/mol. The lowest BCUT2D eigenvalue weighted by Crippen LogP contribution is -2.38. The second-order valence-corrected chi connectivity index (χ2v) is 5.94. The third-order valence-electron chi connectivity index (χ3n) is 4.68. The summed E-state index contributed by atoms with van der Waals surface area (Å²) < 4.78 is 0. The molecule has 1 fully saturated rings. The van der Waals surface area contributed by atoms with Crippen LogP contribution in [-0.4, -0.2) is 55.4 Å². The summed E-state index contributed by atoms with van der Waals surface area (Å²) in [5.41, 5.74) is -0.0226. The Morgan fingerprint density at radius 3 is 1.95 bits per heavy atom. The van der Waals surface area contributed by atoms with Crippen LogP contribution < -0.4 is 0 Å². The summed E-state index contributed by atoms with van der Waals surface area (Å²) in [7, 11) is 0. The molecule has 0 radical (unpaired) electrons. The molecular weight excluding hydrogens is 236 g/mol. The Morgan fingerprint density at radius 2 is 1.47 bits per heavy atom. The van der Waals surface area contributed by atoms with Crippen molar-refractivity contribution in [3.05, 3.63) is 0 Å². The number of hydrogen-bond donors (Lipinski definition) is 0. The van der Waals surface area contributed by atoms with Crippen LogP contribution in [0.1, 0.15) is 52.9 Å². The van der Waals surface area contributed by atoms with Gasteiger partial charge in [0.2, 0.25) is 0 Å². The van der Waals surface area contributed by atoms with E-state index in [1.165, 1.54) is 32.1 Å². The predicted molar refractivity (Wildman–Crippen MR) is 81.5 cm³/mol. The Bertz CT molecular complexity index is 245. The van der Waals surface area contributed by atoms with E-state index in [1.807, 2.05) is 0 Å². The van der Waals surface area contributed by atoms with Gasteiger partial charge >= 0.3 is 0 Å². The zero-order valence-corrected chi connectivity index (χ0v) is 13.2. The highest BCUT2D eigenvalue weighted by Crippen LogP contribution is 2.36. The lowest BCUT2D eigenvalue weighted by atomic mass is 9.87. The fourth-order valence-corrected chi connectivity index (χ4v) is 3.24. The Hall–Kier alpha value is -0.410. The van der Waals surface area contributed by atoms with Gasteiger partial charge in [-0.2, -0.15) is 0 Å². The maximum Gasteiger partial charge on any atom is 0.127 e. The molecule has 0 spiro atoms. The van der Waals surface area contributed by atoms with Crippen molar-refractivity contribution in [2.24, 2.45) is 5.41 Å². The number of nitrogens with zero attached hydrogens (tertiary/aromatic N) is 2. The van der Waals surface area contributed by atoms with E-state index in [9.17, 15) is 4.79 Å². The zero-order chi connectivity index (χ0) is 14.1. The Balaban J connectivity index is 2.34. The number of carbonyl (C=O) groups is 1. The van der Waals surface area contributed by atoms with E-state index < -0.39 is 0 Å². The molecule has 1 saturated carbocycles. The van der Waals surface area contributed by atoms with Crippen molar-refractivity contribution in [2.45, 2.75) is 52.9 Å². The first kappa shape index (κ1) is 16.6. The van der Waals surface area contributed by atoms with Gasteiger partial charge in [0.05, 0.1) is 0 Å². The Labute approximate surface area is 119 Å². The van der Waals surface area contributed by atoms with Crippen LogP contribution in [0.4, 0.5) is 0 Å². The topological polar surface area (TPSA) is 23.6 Å². The summed E-state index contributed by atoms with van der Waals surface area (Å²) >= 11 is 0. The van der Waals surface area contributed by atoms with Gasteiger partial charge < -0.3 is 14.6 Å². The highest BCUT2D eigenvalue weighted by atomic mass is 16.1. The summed E-state index contributed by atoms with van der Waals surface area (Å²) in [6.45, 7) is 13.3. The van der Waals surface area contributed by atoms with E-state index in [-0.39, 0.29) is 5.41 Å². The van der Waals surface area contributed by atoms with E-state index in [2.05, 4.69) is 30.6 Å². The van der Waals surface area contributed by atoms with Gasteiger partial charge in [-0.1, -0.05) is 33.6 Å². The smallest absolute Gasteiger partial charge is 0.127 e. The van der Waals surface area contributed by atoms with Crippen molar-refractivity contribution in [3.63, 3.8) is 0 Å². The monoisotopic (exact) mass is 268 g/mol. The maximum absolute atomic E-state index is 11.4. The molecule has 0 bridgehead atoms. The van der Waals surface area contributed by atoms with Crippen LogP contribution in [0.3, 0.4) is 0 Å². The average Bonchev–Trinajstić information content (AvgIpc) is 2.91. The highest BCUT2D eigenvalue weighted by molar-refractivity contribution is 5.60. The number of carbonyl (C=O) groups excluding carboxylic acids is 1. The van der Waals surface area contributed by atoms with Crippen LogP contribution in [-0.2, 0) is 4.79 Å². The van der Waals surface area contributed by atoms with Gasteiger partial charge in [-0.15, -0.1) is 0 Å². The standard InChI is InChI=1S/C16H32N2O/c1-4-17(5-2)12-9-13-18(6-3)14-16(15-19)10-7-8-11-16/h15H,4-14H2,1-3H3. The number of rotatable bonds is 10. The fraction of sp³-hybridized carbons (Fsp3) is 0.938. The third kappa shape index (κ3) is 5.23. The van der Waals surface area contributed by atoms with Crippen molar-refractivity contribution in [1.82, 2.24) is 9.80 Å². The minimum atomic E-state index is -0.0226. The summed E-state index contributed by atoms with van der Waals surface area (Å²) in [6, 6.07) is 0. The second kappa shape index (κ2) is 8.70. The first-order chi connectivity index (χ1) is 9.19. The lowest BCUT2D eigenvalue weighted by Gasteiger charge is -2.31. The van der Waals surface area contributed by atoms with Gasteiger partial charge in [0.25, 0.3) is 0 Å². The summed E-state index contributed by atoms with van der Waals surface area (Å²) in [4.78, 5) is 16.4. The molecule has 1 rings (SSSR count). The van der Waals surface area contributed by atoms with Gasteiger partial charge in [0.15, 0.2) is 0 Å². The van der Waals surface area contributed by atoms with Crippen LogP contribution in [0.15, 0.2) is 0 Å². The molecule has 0 unspecified atom stereocenters. The molecule has 0 amide bonds. The largest absolute Gasteiger partial charge is 0.304 e. The molecule has 0 atom stereocenters. The van der Waals surface area contributed by atoms with Gasteiger partial charge in [-0.25, -0.2) is 0 Å². The lowest BCUT2D eigenvalue weighted by molar-refractivity contribution is -0.117. The van der Waals surface area contributed by atoms with Crippen LogP contribution in [0.2, 0.25) is 0 Å². The minimum absolute atomic E-state index is 0.0226. The Morgan fingerprint density at radius 1 is 0.947 bits per heavy atom. The third-order valence-corrected chi connectivity index (χ3v) is 4.68. The molecule has 0 aromatic rings. The fourth-order valence-electron chi connectivity index (χ4n) is 3.24. The summed E-state index contributed by atoms with van der Waals surface area (Å²) in [5, 5.41) is 0. The van der Waals surface area contributed by atoms with Crippen LogP contribution in [0.25, 0.3) is 0 Å².